The Hall–Kier alpha value is -2.76. The van der Waals surface area contributed by atoms with Crippen LogP contribution in [0.2, 0.25) is 0 Å². The number of rotatable bonds is 4. The van der Waals surface area contributed by atoms with Gasteiger partial charge < -0.3 is 4.90 Å². The Morgan fingerprint density at radius 1 is 1.04 bits per heavy atom. The predicted octanol–water partition coefficient (Wildman–Crippen LogP) is 3.55. The molecule has 144 valence electrons. The van der Waals surface area contributed by atoms with E-state index in [1.54, 1.807) is 0 Å². The molecule has 2 aliphatic rings. The van der Waals surface area contributed by atoms with Crippen molar-refractivity contribution in [1.82, 2.24) is 19.5 Å². The highest BCUT2D eigenvalue weighted by atomic mass is 16.1. The number of aryl methyl sites for hydroxylation is 2. The van der Waals surface area contributed by atoms with Gasteiger partial charge in [-0.15, -0.1) is 0 Å². The molecule has 0 radical (unpaired) electrons. The lowest BCUT2D eigenvalue weighted by molar-refractivity contribution is 0.524. The molecule has 0 N–H and O–H groups in total. The molecule has 1 aromatic carbocycles. The van der Waals surface area contributed by atoms with E-state index in [-0.39, 0.29) is 11.6 Å². The van der Waals surface area contributed by atoms with Crippen LogP contribution in [0, 0.1) is 19.8 Å². The molecule has 0 amide bonds. The third-order valence-electron chi connectivity index (χ3n) is 5.81. The SMILES string of the molecule is Cc1cc(C)nc(N2CCCC2c2nc3ccccc3c(=O)n2CC2CC2)n1. The van der Waals surface area contributed by atoms with Gasteiger partial charge in [-0.05, 0) is 63.6 Å². The summed E-state index contributed by atoms with van der Waals surface area (Å²) in [6.07, 6.45) is 4.42. The molecule has 2 fully saturated rings. The van der Waals surface area contributed by atoms with Crippen LogP contribution in [-0.2, 0) is 6.54 Å². The number of nitrogens with zero attached hydrogens (tertiary/aromatic N) is 5. The first-order valence-corrected chi connectivity index (χ1v) is 10.2. The molecule has 2 aromatic heterocycles. The van der Waals surface area contributed by atoms with Crippen molar-refractivity contribution in [2.75, 3.05) is 11.4 Å². The van der Waals surface area contributed by atoms with Crippen LogP contribution in [0.25, 0.3) is 10.9 Å². The highest BCUT2D eigenvalue weighted by molar-refractivity contribution is 5.77. The van der Waals surface area contributed by atoms with Crippen molar-refractivity contribution >= 4 is 16.9 Å². The lowest BCUT2D eigenvalue weighted by atomic mass is 10.1. The van der Waals surface area contributed by atoms with E-state index in [9.17, 15) is 4.79 Å². The van der Waals surface area contributed by atoms with Gasteiger partial charge in [-0.1, -0.05) is 12.1 Å². The van der Waals surface area contributed by atoms with Gasteiger partial charge in [0, 0.05) is 24.5 Å². The van der Waals surface area contributed by atoms with Crippen molar-refractivity contribution in [3.63, 3.8) is 0 Å². The summed E-state index contributed by atoms with van der Waals surface area (Å²) in [5.41, 5.74) is 2.80. The molecule has 5 rings (SSSR count). The third kappa shape index (κ3) is 3.07. The summed E-state index contributed by atoms with van der Waals surface area (Å²) in [5.74, 6) is 2.22. The first kappa shape index (κ1) is 17.3. The molecule has 1 aliphatic heterocycles. The van der Waals surface area contributed by atoms with E-state index in [2.05, 4.69) is 14.9 Å². The fourth-order valence-corrected chi connectivity index (χ4v) is 4.28. The summed E-state index contributed by atoms with van der Waals surface area (Å²) in [6.45, 7) is 5.66. The van der Waals surface area contributed by atoms with Gasteiger partial charge in [0.25, 0.3) is 5.56 Å². The highest BCUT2D eigenvalue weighted by Crippen LogP contribution is 2.36. The van der Waals surface area contributed by atoms with Gasteiger partial charge in [-0.3, -0.25) is 9.36 Å². The number of benzene rings is 1. The lowest BCUT2D eigenvalue weighted by Gasteiger charge is -2.27. The van der Waals surface area contributed by atoms with Crippen LogP contribution >= 0.6 is 0 Å². The summed E-state index contributed by atoms with van der Waals surface area (Å²) in [4.78, 5) is 29.9. The molecular formula is C22H25N5O. The molecular weight excluding hydrogens is 350 g/mol. The topological polar surface area (TPSA) is 63.9 Å². The number of aromatic nitrogens is 4. The standard InChI is InChI=1S/C22H25N5O/c1-14-12-15(2)24-22(23-14)26-11-5-8-19(26)20-25-18-7-4-3-6-17(18)21(28)27(20)13-16-9-10-16/h3-4,6-7,12,16,19H,5,8-11,13H2,1-2H3. The fraction of sp³-hybridized carbons (Fsp3) is 0.455. The smallest absolute Gasteiger partial charge is 0.261 e. The quantitative estimate of drug-likeness (QED) is 0.698. The van der Waals surface area contributed by atoms with E-state index < -0.39 is 0 Å². The molecule has 6 nitrogen and oxygen atoms in total. The zero-order chi connectivity index (χ0) is 19.3. The van der Waals surface area contributed by atoms with Crippen molar-refractivity contribution in [1.29, 1.82) is 0 Å². The Morgan fingerprint density at radius 2 is 1.79 bits per heavy atom. The number of anilines is 1. The van der Waals surface area contributed by atoms with E-state index in [1.165, 1.54) is 12.8 Å². The molecule has 3 aromatic rings. The Bertz CT molecular complexity index is 1080. The summed E-state index contributed by atoms with van der Waals surface area (Å²) < 4.78 is 1.94. The van der Waals surface area contributed by atoms with Crippen molar-refractivity contribution in [2.45, 2.75) is 52.1 Å². The lowest BCUT2D eigenvalue weighted by Crippen LogP contribution is -2.33. The average molecular weight is 375 g/mol. The minimum absolute atomic E-state index is 0.0391. The third-order valence-corrected chi connectivity index (χ3v) is 5.81. The van der Waals surface area contributed by atoms with Gasteiger partial charge in [0.15, 0.2) is 0 Å². The van der Waals surface area contributed by atoms with E-state index >= 15 is 0 Å². The van der Waals surface area contributed by atoms with Gasteiger partial charge >= 0.3 is 0 Å². The largest absolute Gasteiger partial charge is 0.331 e. The van der Waals surface area contributed by atoms with Crippen LogP contribution in [0.4, 0.5) is 5.95 Å². The molecule has 6 heteroatoms. The number of para-hydroxylation sites is 1. The Kier molecular flexibility index (Phi) is 4.14. The summed E-state index contributed by atoms with van der Waals surface area (Å²) in [6, 6.07) is 9.72. The van der Waals surface area contributed by atoms with Gasteiger partial charge in [-0.25, -0.2) is 15.0 Å². The van der Waals surface area contributed by atoms with Gasteiger partial charge in [0.05, 0.1) is 16.9 Å². The first-order chi connectivity index (χ1) is 13.6. The van der Waals surface area contributed by atoms with E-state index in [1.807, 2.05) is 48.7 Å². The maximum atomic E-state index is 13.3. The zero-order valence-corrected chi connectivity index (χ0v) is 16.4. The van der Waals surface area contributed by atoms with E-state index in [0.29, 0.717) is 11.3 Å². The van der Waals surface area contributed by atoms with Crippen LogP contribution in [-0.4, -0.2) is 26.1 Å². The molecule has 0 bridgehead atoms. The molecule has 28 heavy (non-hydrogen) atoms. The second-order valence-electron chi connectivity index (χ2n) is 8.15. The van der Waals surface area contributed by atoms with Crippen LogP contribution in [0.3, 0.4) is 0 Å². The summed E-state index contributed by atoms with van der Waals surface area (Å²) in [7, 11) is 0. The van der Waals surface area contributed by atoms with E-state index in [0.717, 1.165) is 54.6 Å². The maximum Gasteiger partial charge on any atom is 0.261 e. The molecule has 1 saturated heterocycles. The Labute approximate surface area is 164 Å². The second-order valence-corrected chi connectivity index (χ2v) is 8.15. The van der Waals surface area contributed by atoms with Crippen molar-refractivity contribution in [3.8, 4) is 0 Å². The summed E-state index contributed by atoms with van der Waals surface area (Å²) >= 11 is 0. The molecule has 1 saturated carbocycles. The molecule has 1 aliphatic carbocycles. The van der Waals surface area contributed by atoms with Gasteiger partial charge in [0.1, 0.15) is 5.82 Å². The van der Waals surface area contributed by atoms with Crippen molar-refractivity contribution in [3.05, 3.63) is 57.9 Å². The minimum atomic E-state index is 0.0391. The molecule has 1 unspecified atom stereocenters. The Morgan fingerprint density at radius 3 is 2.54 bits per heavy atom. The zero-order valence-electron chi connectivity index (χ0n) is 16.4. The number of fused-ring (bicyclic) bond motifs is 1. The second kappa shape index (κ2) is 6.69. The molecule has 0 spiro atoms. The van der Waals surface area contributed by atoms with Gasteiger partial charge in [0.2, 0.25) is 5.95 Å². The van der Waals surface area contributed by atoms with Crippen LogP contribution in [0.1, 0.15) is 48.9 Å². The maximum absolute atomic E-state index is 13.3. The van der Waals surface area contributed by atoms with E-state index in [4.69, 9.17) is 4.98 Å². The molecule has 3 heterocycles. The normalized spacial score (nSPS) is 19.5. The monoisotopic (exact) mass is 375 g/mol. The Balaban J connectivity index is 1.65. The molecule has 1 atom stereocenters. The number of hydrogen-bond acceptors (Lipinski definition) is 5. The van der Waals surface area contributed by atoms with Crippen LogP contribution in [0.5, 0.6) is 0 Å². The minimum Gasteiger partial charge on any atom is -0.331 e. The van der Waals surface area contributed by atoms with Crippen LogP contribution in [0.15, 0.2) is 35.1 Å². The van der Waals surface area contributed by atoms with Crippen molar-refractivity contribution < 1.29 is 0 Å². The predicted molar refractivity (Wildman–Crippen MR) is 110 cm³/mol. The highest BCUT2D eigenvalue weighted by Gasteiger charge is 2.34. The van der Waals surface area contributed by atoms with Gasteiger partial charge in [-0.2, -0.15) is 0 Å². The fourth-order valence-electron chi connectivity index (χ4n) is 4.28. The summed E-state index contributed by atoms with van der Waals surface area (Å²) in [5, 5.41) is 0.707. The van der Waals surface area contributed by atoms with Crippen molar-refractivity contribution in [2.24, 2.45) is 5.92 Å². The number of hydrogen-bond donors (Lipinski definition) is 0. The average Bonchev–Trinajstić information content (AvgIpc) is 3.36. The van der Waals surface area contributed by atoms with Crippen LogP contribution < -0.4 is 10.5 Å². The first-order valence-electron chi connectivity index (χ1n) is 10.2.